The van der Waals surface area contributed by atoms with Crippen molar-refractivity contribution >= 4 is 49.8 Å². The van der Waals surface area contributed by atoms with E-state index in [0.717, 1.165) is 117 Å². The number of nitrogens with zero attached hydrogens (tertiary/aromatic N) is 1. The van der Waals surface area contributed by atoms with E-state index in [2.05, 4.69) is 235 Å². The van der Waals surface area contributed by atoms with Gasteiger partial charge < -0.3 is 18.8 Å². The molecule has 0 saturated heterocycles. The van der Waals surface area contributed by atoms with Crippen molar-refractivity contribution < 1.29 is 13.9 Å². The maximum absolute atomic E-state index is 7.15. The SMILES string of the molecule is c1ccc(-c2ccc(-c3ccc(N(c4cccc(-c5cccc6c5Oc5ccccc5C65c6ccccc6Oc6ccccc65)c4)c4cc5c6ccccc6oc5c5ccccc45)cc3)cc2)cc1. The predicted molar refractivity (Wildman–Crippen MR) is 281 cm³/mol. The molecule has 0 fully saturated rings. The monoisotopic (exact) mass is 883 g/mol. The molecule has 1 spiro atoms. The number of hydrogen-bond donors (Lipinski definition) is 0. The van der Waals surface area contributed by atoms with E-state index in [1.165, 1.54) is 11.1 Å². The Morgan fingerprint density at radius 2 is 0.826 bits per heavy atom. The third-order valence-corrected chi connectivity index (χ3v) is 14.2. The molecule has 0 unspecified atom stereocenters. The fraction of sp³-hybridized carbons (Fsp3) is 0.0154. The Bertz CT molecular complexity index is 3900. The van der Waals surface area contributed by atoms with Crippen LogP contribution in [-0.4, -0.2) is 0 Å². The molecule has 0 bridgehead atoms. The Labute approximate surface area is 399 Å². The first-order valence-corrected chi connectivity index (χ1v) is 23.5. The van der Waals surface area contributed by atoms with Gasteiger partial charge in [0.2, 0.25) is 0 Å². The Morgan fingerprint density at radius 3 is 1.51 bits per heavy atom. The molecule has 2 aliphatic rings. The number of para-hydroxylation sites is 5. The first-order valence-electron chi connectivity index (χ1n) is 23.5. The van der Waals surface area contributed by atoms with E-state index in [9.17, 15) is 0 Å². The molecule has 2 aliphatic heterocycles. The maximum Gasteiger partial charge on any atom is 0.143 e. The number of anilines is 3. The van der Waals surface area contributed by atoms with Gasteiger partial charge in [0, 0.05) is 60.7 Å². The number of rotatable bonds is 6. The summed E-state index contributed by atoms with van der Waals surface area (Å²) in [6.07, 6.45) is 0. The van der Waals surface area contributed by atoms with Crippen LogP contribution in [0.3, 0.4) is 0 Å². The number of hydrogen-bond acceptors (Lipinski definition) is 4. The summed E-state index contributed by atoms with van der Waals surface area (Å²) in [5.41, 5.74) is 15.2. The van der Waals surface area contributed by atoms with Gasteiger partial charge in [0.05, 0.1) is 11.1 Å². The Morgan fingerprint density at radius 1 is 0.319 bits per heavy atom. The zero-order valence-corrected chi connectivity index (χ0v) is 37.3. The van der Waals surface area contributed by atoms with Crippen LogP contribution in [0.2, 0.25) is 0 Å². The fourth-order valence-electron chi connectivity index (χ4n) is 11.1. The average Bonchev–Trinajstić information content (AvgIpc) is 3.80. The Balaban J connectivity index is 0.962. The van der Waals surface area contributed by atoms with Gasteiger partial charge in [-0.15, -0.1) is 0 Å². The lowest BCUT2D eigenvalue weighted by atomic mass is 9.62. The van der Waals surface area contributed by atoms with Gasteiger partial charge in [-0.05, 0) is 82.4 Å². The van der Waals surface area contributed by atoms with Gasteiger partial charge in [0.15, 0.2) is 0 Å². The first-order chi connectivity index (χ1) is 34.2. The molecule has 324 valence electrons. The second-order valence-corrected chi connectivity index (χ2v) is 17.9. The third-order valence-electron chi connectivity index (χ3n) is 14.2. The van der Waals surface area contributed by atoms with E-state index in [-0.39, 0.29) is 0 Å². The fourth-order valence-corrected chi connectivity index (χ4v) is 11.1. The van der Waals surface area contributed by atoms with Crippen LogP contribution in [0.15, 0.2) is 253 Å². The number of fused-ring (bicyclic) bond motifs is 13. The van der Waals surface area contributed by atoms with Gasteiger partial charge in [-0.1, -0.05) is 194 Å². The molecule has 0 amide bonds. The van der Waals surface area contributed by atoms with Crippen molar-refractivity contribution in [3.8, 4) is 56.4 Å². The van der Waals surface area contributed by atoms with Crippen molar-refractivity contribution in [2.45, 2.75) is 5.41 Å². The molecule has 0 saturated carbocycles. The van der Waals surface area contributed by atoms with Gasteiger partial charge >= 0.3 is 0 Å². The molecule has 4 heteroatoms. The topological polar surface area (TPSA) is 34.8 Å². The highest BCUT2D eigenvalue weighted by atomic mass is 16.5. The second-order valence-electron chi connectivity index (χ2n) is 17.9. The van der Waals surface area contributed by atoms with Crippen LogP contribution in [0.5, 0.6) is 23.0 Å². The molecule has 12 aromatic rings. The van der Waals surface area contributed by atoms with E-state index < -0.39 is 5.41 Å². The van der Waals surface area contributed by atoms with Crippen molar-refractivity contribution in [2.75, 3.05) is 4.90 Å². The second kappa shape index (κ2) is 15.5. The Kier molecular flexibility index (Phi) is 8.77. The summed E-state index contributed by atoms with van der Waals surface area (Å²) < 4.78 is 20.4. The molecule has 69 heavy (non-hydrogen) atoms. The molecule has 0 radical (unpaired) electrons. The molecule has 0 aliphatic carbocycles. The maximum atomic E-state index is 7.15. The van der Waals surface area contributed by atoms with E-state index >= 15 is 0 Å². The van der Waals surface area contributed by atoms with Crippen LogP contribution in [0.25, 0.3) is 66.1 Å². The highest BCUT2D eigenvalue weighted by Crippen LogP contribution is 2.62. The normalized spacial score (nSPS) is 13.0. The lowest BCUT2D eigenvalue weighted by Gasteiger charge is -2.45. The average molecular weight is 884 g/mol. The first kappa shape index (κ1) is 39.1. The van der Waals surface area contributed by atoms with E-state index in [1.54, 1.807) is 0 Å². The number of furan rings is 1. The number of ether oxygens (including phenoxy) is 2. The molecular weight excluding hydrogens is 843 g/mol. The van der Waals surface area contributed by atoms with Gasteiger partial charge in [-0.25, -0.2) is 0 Å². The molecule has 14 rings (SSSR count). The highest BCUT2D eigenvalue weighted by Gasteiger charge is 2.50. The van der Waals surface area contributed by atoms with Gasteiger partial charge in [-0.2, -0.15) is 0 Å². The van der Waals surface area contributed by atoms with E-state index in [4.69, 9.17) is 13.9 Å². The summed E-state index contributed by atoms with van der Waals surface area (Å²) in [6, 6.07) is 88.4. The van der Waals surface area contributed by atoms with Crippen molar-refractivity contribution in [3.63, 3.8) is 0 Å². The molecule has 3 heterocycles. The lowest BCUT2D eigenvalue weighted by Crippen LogP contribution is -2.36. The summed E-state index contributed by atoms with van der Waals surface area (Å²) in [7, 11) is 0. The largest absolute Gasteiger partial charge is 0.457 e. The predicted octanol–water partition coefficient (Wildman–Crippen LogP) is 17.8. The van der Waals surface area contributed by atoms with Crippen LogP contribution in [0, 0.1) is 0 Å². The summed E-state index contributed by atoms with van der Waals surface area (Å²) in [5.74, 6) is 3.33. The molecule has 0 N–H and O–H groups in total. The van der Waals surface area contributed by atoms with Crippen LogP contribution >= 0.6 is 0 Å². The van der Waals surface area contributed by atoms with E-state index in [0.29, 0.717) is 0 Å². The third kappa shape index (κ3) is 6.02. The van der Waals surface area contributed by atoms with Crippen LogP contribution in [0.1, 0.15) is 22.3 Å². The molecule has 0 atom stereocenters. The van der Waals surface area contributed by atoms with Gasteiger partial charge in [-0.3, -0.25) is 0 Å². The van der Waals surface area contributed by atoms with Crippen molar-refractivity contribution in [1.82, 2.24) is 0 Å². The smallest absolute Gasteiger partial charge is 0.143 e. The summed E-state index contributed by atoms with van der Waals surface area (Å²) in [5, 5.41) is 4.30. The lowest BCUT2D eigenvalue weighted by molar-refractivity contribution is 0.400. The van der Waals surface area contributed by atoms with Crippen LogP contribution in [-0.2, 0) is 5.41 Å². The zero-order valence-electron chi connectivity index (χ0n) is 37.3. The summed E-state index contributed by atoms with van der Waals surface area (Å²) >= 11 is 0. The highest BCUT2D eigenvalue weighted by molar-refractivity contribution is 6.19. The molecule has 1 aromatic heterocycles. The number of benzene rings is 11. The minimum Gasteiger partial charge on any atom is -0.457 e. The van der Waals surface area contributed by atoms with Gasteiger partial charge in [0.25, 0.3) is 0 Å². The standard InChI is InChI=1S/C65H41NO3/c1-2-16-42(17-3-1)43-32-34-44(35-33-43)45-36-38-47(39-37-45)66(58-41-53-51-21-6-10-28-59(51)68-63(53)52-22-5-4-20-50(52)58)48-19-14-18-46(40-48)49-23-15-27-57-64(49)69-62-31-13-9-26-56(62)65(57)54-24-7-11-29-60(54)67-61-30-12-8-25-55(61)65/h1-41H. The minimum absolute atomic E-state index is 0.694. The quantitative estimate of drug-likeness (QED) is 0.167. The summed E-state index contributed by atoms with van der Waals surface area (Å²) in [4.78, 5) is 2.40. The Hall–Kier alpha value is -9.12. The van der Waals surface area contributed by atoms with Crippen molar-refractivity contribution in [3.05, 3.63) is 271 Å². The van der Waals surface area contributed by atoms with Crippen molar-refractivity contribution in [2.24, 2.45) is 0 Å². The van der Waals surface area contributed by atoms with Crippen molar-refractivity contribution in [1.29, 1.82) is 0 Å². The van der Waals surface area contributed by atoms with Crippen LogP contribution < -0.4 is 14.4 Å². The minimum atomic E-state index is -0.694. The molecule has 4 nitrogen and oxygen atoms in total. The van der Waals surface area contributed by atoms with Crippen LogP contribution in [0.4, 0.5) is 17.1 Å². The van der Waals surface area contributed by atoms with Gasteiger partial charge in [0.1, 0.15) is 34.2 Å². The molecule has 11 aromatic carbocycles. The summed E-state index contributed by atoms with van der Waals surface area (Å²) in [6.45, 7) is 0. The zero-order chi connectivity index (χ0) is 45.5. The molecular formula is C65H41NO3. The van der Waals surface area contributed by atoms with E-state index in [1.807, 2.05) is 18.2 Å².